The number of nitriles is 1. The van der Waals surface area contributed by atoms with Crippen molar-refractivity contribution in [2.45, 2.75) is 13.0 Å². The zero-order valence-electron chi connectivity index (χ0n) is 18.4. The number of aryl methyl sites for hydroxylation is 1. The lowest BCUT2D eigenvalue weighted by Gasteiger charge is -2.08. The molecule has 3 N–H and O–H groups in total. The summed E-state index contributed by atoms with van der Waals surface area (Å²) < 4.78 is 2.02. The minimum absolute atomic E-state index is 0.267. The van der Waals surface area contributed by atoms with Gasteiger partial charge >= 0.3 is 6.03 Å². The number of nitrogens with zero attached hydrogens (tertiary/aromatic N) is 2. The van der Waals surface area contributed by atoms with Crippen molar-refractivity contribution in [3.63, 3.8) is 0 Å². The average Bonchev–Trinajstić information content (AvgIpc) is 3.21. The van der Waals surface area contributed by atoms with Crippen molar-refractivity contribution in [1.29, 1.82) is 5.26 Å². The number of urea groups is 1. The third kappa shape index (κ3) is 5.69. The van der Waals surface area contributed by atoms with E-state index in [2.05, 4.69) is 22.0 Å². The summed E-state index contributed by atoms with van der Waals surface area (Å²) in [6.07, 6.45) is 5.62. The lowest BCUT2D eigenvalue weighted by Crippen LogP contribution is -2.19. The molecule has 34 heavy (non-hydrogen) atoms. The molecule has 0 unspecified atom stereocenters. The van der Waals surface area contributed by atoms with Gasteiger partial charge in [0.25, 0.3) is 0 Å². The van der Waals surface area contributed by atoms with E-state index in [0.29, 0.717) is 30.0 Å². The predicted octanol–water partition coefficient (Wildman–Crippen LogP) is 5.85. The molecule has 168 valence electrons. The van der Waals surface area contributed by atoms with E-state index >= 15 is 0 Å². The Morgan fingerprint density at radius 3 is 2.15 bits per heavy atom. The van der Waals surface area contributed by atoms with Crippen molar-refractivity contribution in [2.75, 3.05) is 16.0 Å². The number of hydrogen-bond donors (Lipinski definition) is 3. The van der Waals surface area contributed by atoms with E-state index in [1.54, 1.807) is 42.5 Å². The number of carbonyl (C=O) groups is 2. The van der Waals surface area contributed by atoms with Crippen molar-refractivity contribution in [1.82, 2.24) is 4.57 Å². The van der Waals surface area contributed by atoms with E-state index in [0.717, 1.165) is 16.5 Å². The maximum atomic E-state index is 12.4. The summed E-state index contributed by atoms with van der Waals surface area (Å²) in [5, 5.41) is 18.2. The molecule has 0 aliphatic carbocycles. The van der Waals surface area contributed by atoms with Crippen molar-refractivity contribution in [3.05, 3.63) is 96.7 Å². The quantitative estimate of drug-likeness (QED) is 0.309. The number of para-hydroxylation sites is 2. The summed E-state index contributed by atoms with van der Waals surface area (Å²) >= 11 is 0. The Morgan fingerprint density at radius 1 is 0.824 bits per heavy atom. The van der Waals surface area contributed by atoms with Crippen LogP contribution in [0.3, 0.4) is 0 Å². The van der Waals surface area contributed by atoms with Crippen LogP contribution in [-0.4, -0.2) is 16.5 Å². The Morgan fingerprint density at radius 2 is 1.44 bits per heavy atom. The number of nitrogens with one attached hydrogen (secondary N) is 3. The molecule has 4 aromatic rings. The van der Waals surface area contributed by atoms with Crippen LogP contribution in [0.4, 0.5) is 21.9 Å². The van der Waals surface area contributed by atoms with Gasteiger partial charge in [-0.3, -0.25) is 4.79 Å². The molecule has 0 fully saturated rings. The van der Waals surface area contributed by atoms with E-state index < -0.39 is 0 Å². The predicted molar refractivity (Wildman–Crippen MR) is 135 cm³/mol. The summed E-state index contributed by atoms with van der Waals surface area (Å²) in [6, 6.07) is 25.7. The first-order valence-electron chi connectivity index (χ1n) is 10.8. The Bertz CT molecular complexity index is 1370. The Kier molecular flexibility index (Phi) is 7.01. The van der Waals surface area contributed by atoms with Crippen LogP contribution in [0.5, 0.6) is 0 Å². The van der Waals surface area contributed by atoms with Crippen LogP contribution >= 0.6 is 0 Å². The molecular weight excluding hydrogens is 426 g/mol. The number of amides is 3. The number of hydrogen-bond acceptors (Lipinski definition) is 3. The monoisotopic (exact) mass is 449 g/mol. The van der Waals surface area contributed by atoms with Gasteiger partial charge < -0.3 is 20.5 Å². The molecule has 7 heteroatoms. The van der Waals surface area contributed by atoms with Crippen LogP contribution in [0, 0.1) is 11.3 Å². The van der Waals surface area contributed by atoms with Crippen LogP contribution in [-0.2, 0) is 11.3 Å². The van der Waals surface area contributed by atoms with Gasteiger partial charge in [-0.2, -0.15) is 5.26 Å². The summed E-state index contributed by atoms with van der Waals surface area (Å²) in [4.78, 5) is 24.5. The van der Waals surface area contributed by atoms with Gasteiger partial charge in [-0.25, -0.2) is 4.79 Å². The summed E-state index contributed by atoms with van der Waals surface area (Å²) in [7, 11) is 0. The van der Waals surface area contributed by atoms with Crippen molar-refractivity contribution in [3.8, 4) is 6.07 Å². The van der Waals surface area contributed by atoms with Crippen molar-refractivity contribution >= 4 is 46.0 Å². The number of fused-ring (bicyclic) bond motifs is 1. The highest BCUT2D eigenvalue weighted by molar-refractivity contribution is 6.04. The van der Waals surface area contributed by atoms with Gasteiger partial charge in [0, 0.05) is 52.3 Å². The maximum absolute atomic E-state index is 12.4. The second kappa shape index (κ2) is 10.7. The third-order valence-corrected chi connectivity index (χ3v) is 5.14. The first-order chi connectivity index (χ1) is 16.6. The molecule has 7 nitrogen and oxygen atoms in total. The van der Waals surface area contributed by atoms with Crippen LogP contribution in [0.1, 0.15) is 12.0 Å². The fraction of sp³-hybridized carbons (Fsp3) is 0.0741. The second-order valence-electron chi connectivity index (χ2n) is 7.55. The molecule has 0 bridgehead atoms. The Balaban J connectivity index is 1.36. The van der Waals surface area contributed by atoms with Crippen molar-refractivity contribution < 1.29 is 9.59 Å². The molecule has 1 aromatic heterocycles. The zero-order valence-corrected chi connectivity index (χ0v) is 18.4. The van der Waals surface area contributed by atoms with Gasteiger partial charge in [0.15, 0.2) is 0 Å². The van der Waals surface area contributed by atoms with Crippen LogP contribution in [0.15, 0.2) is 91.1 Å². The van der Waals surface area contributed by atoms with E-state index in [1.165, 1.54) is 6.08 Å². The summed E-state index contributed by atoms with van der Waals surface area (Å²) in [5.41, 5.74) is 3.85. The summed E-state index contributed by atoms with van der Waals surface area (Å²) in [5.74, 6) is -0.267. The smallest absolute Gasteiger partial charge is 0.323 e. The summed E-state index contributed by atoms with van der Waals surface area (Å²) in [6.45, 7) is 0.598. The Labute approximate surface area is 197 Å². The van der Waals surface area contributed by atoms with Crippen LogP contribution in [0.2, 0.25) is 0 Å². The molecule has 4 rings (SSSR count). The van der Waals surface area contributed by atoms with Gasteiger partial charge in [-0.15, -0.1) is 0 Å². The van der Waals surface area contributed by atoms with E-state index in [1.807, 2.05) is 53.2 Å². The normalized spacial score (nSPS) is 10.7. The highest BCUT2D eigenvalue weighted by atomic mass is 16.2. The van der Waals surface area contributed by atoms with Gasteiger partial charge in [0.1, 0.15) is 0 Å². The molecule has 3 aromatic carbocycles. The van der Waals surface area contributed by atoms with Crippen LogP contribution < -0.4 is 16.0 Å². The molecule has 0 atom stereocenters. The number of carbonyl (C=O) groups excluding carboxylic acids is 2. The van der Waals surface area contributed by atoms with Gasteiger partial charge in [0.05, 0.1) is 12.5 Å². The van der Waals surface area contributed by atoms with Crippen LogP contribution in [0.25, 0.3) is 17.0 Å². The minimum atomic E-state index is -0.347. The Hall–Kier alpha value is -4.83. The number of aromatic nitrogens is 1. The van der Waals surface area contributed by atoms with Crippen molar-refractivity contribution in [2.24, 2.45) is 0 Å². The molecule has 1 heterocycles. The first kappa shape index (κ1) is 22.4. The molecule has 0 spiro atoms. The van der Waals surface area contributed by atoms with E-state index in [4.69, 9.17) is 5.26 Å². The SMILES string of the molecule is N#CCCn1cc(/C=C/C(=O)Nc2ccc(NC(=O)Nc3ccccc3)cc2)c2ccccc21. The average molecular weight is 450 g/mol. The lowest BCUT2D eigenvalue weighted by atomic mass is 10.1. The lowest BCUT2D eigenvalue weighted by molar-refractivity contribution is -0.111. The molecule has 0 aliphatic heterocycles. The second-order valence-corrected chi connectivity index (χ2v) is 7.55. The van der Waals surface area contributed by atoms with E-state index in [-0.39, 0.29) is 11.9 Å². The standard InChI is InChI=1S/C27H23N5O2/c28-17-6-18-32-19-20(24-9-4-5-10-25(24)32)11-16-26(33)29-22-12-14-23(15-13-22)31-27(34)30-21-7-2-1-3-8-21/h1-5,7-16,19H,6,18H2,(H,29,33)(H2,30,31,34)/b16-11+. The number of anilines is 3. The fourth-order valence-electron chi connectivity index (χ4n) is 3.56. The van der Waals surface area contributed by atoms with E-state index in [9.17, 15) is 9.59 Å². The minimum Gasteiger partial charge on any atom is -0.346 e. The topological polar surface area (TPSA) is 98.9 Å². The van der Waals surface area contributed by atoms with Gasteiger partial charge in [-0.1, -0.05) is 36.4 Å². The first-order valence-corrected chi connectivity index (χ1v) is 10.8. The molecule has 0 aliphatic rings. The molecule has 0 radical (unpaired) electrons. The maximum Gasteiger partial charge on any atom is 0.323 e. The highest BCUT2D eigenvalue weighted by Crippen LogP contribution is 2.23. The zero-order chi connectivity index (χ0) is 23.8. The third-order valence-electron chi connectivity index (χ3n) is 5.14. The molecular formula is C27H23N5O2. The number of rotatable bonds is 7. The fourth-order valence-corrected chi connectivity index (χ4v) is 3.56. The largest absolute Gasteiger partial charge is 0.346 e. The molecule has 0 saturated carbocycles. The number of benzene rings is 3. The molecule has 3 amide bonds. The molecule has 0 saturated heterocycles. The van der Waals surface area contributed by atoms with Gasteiger partial charge in [-0.05, 0) is 48.5 Å². The highest BCUT2D eigenvalue weighted by Gasteiger charge is 2.07. The van der Waals surface area contributed by atoms with Gasteiger partial charge in [0.2, 0.25) is 5.91 Å².